The minimum Gasteiger partial charge on any atom is -0.369 e. The molecule has 0 saturated heterocycles. The predicted octanol–water partition coefficient (Wildman–Crippen LogP) is -1.12. The van der Waals surface area contributed by atoms with E-state index in [2.05, 4.69) is 5.73 Å². The summed E-state index contributed by atoms with van der Waals surface area (Å²) in [6.45, 7) is 2.00. The molecule has 0 bridgehead atoms. The zero-order valence-corrected chi connectivity index (χ0v) is 4.29. The minimum absolute atomic E-state index is 0.167. The fourth-order valence-corrected chi connectivity index (χ4v) is 0.0821. The van der Waals surface area contributed by atoms with Crippen LogP contribution in [0.2, 0.25) is 0 Å². The Morgan fingerprint density at radius 3 is 2.00 bits per heavy atom. The van der Waals surface area contributed by atoms with Crippen LogP contribution in [0, 0.1) is 0 Å². The second-order valence-corrected chi connectivity index (χ2v) is 0.837. The lowest BCUT2D eigenvalue weighted by atomic mass is 10.5. The smallest absolute Gasteiger partial charge is 0.224 e. The van der Waals surface area contributed by atoms with Gasteiger partial charge in [-0.15, -0.1) is 0 Å². The van der Waals surface area contributed by atoms with Crippen molar-refractivity contribution in [2.45, 2.75) is 6.42 Å². The predicted molar refractivity (Wildman–Crippen MR) is 27.0 cm³/mol. The van der Waals surface area contributed by atoms with E-state index in [-0.39, 0.29) is 6.42 Å². The van der Waals surface area contributed by atoms with Crippen LogP contribution in [-0.2, 0) is 14.4 Å². The fourth-order valence-electron chi connectivity index (χ4n) is 0.0821. The van der Waals surface area contributed by atoms with E-state index in [9.17, 15) is 9.59 Å². The van der Waals surface area contributed by atoms with Crippen molar-refractivity contribution in [1.82, 2.24) is 0 Å². The fraction of sp³-hybridized carbons (Fsp3) is 0.250. The molecule has 0 aliphatic heterocycles. The first-order valence-electron chi connectivity index (χ1n) is 1.78. The molecule has 4 nitrogen and oxygen atoms in total. The summed E-state index contributed by atoms with van der Waals surface area (Å²) in [7, 11) is 0. The monoisotopic (exact) mass is 117 g/mol. The van der Waals surface area contributed by atoms with Gasteiger partial charge in [0.1, 0.15) is 13.1 Å². The summed E-state index contributed by atoms with van der Waals surface area (Å²) < 4.78 is 0. The van der Waals surface area contributed by atoms with Gasteiger partial charge in [-0.1, -0.05) is 0 Å². The van der Waals surface area contributed by atoms with E-state index in [1.165, 1.54) is 0 Å². The summed E-state index contributed by atoms with van der Waals surface area (Å²) in [5.41, 5.74) is 4.53. The summed E-state index contributed by atoms with van der Waals surface area (Å²) >= 11 is 0. The van der Waals surface area contributed by atoms with Crippen LogP contribution in [-0.4, -0.2) is 19.0 Å². The summed E-state index contributed by atoms with van der Waals surface area (Å²) in [6, 6.07) is 0. The van der Waals surface area contributed by atoms with Crippen LogP contribution in [0.1, 0.15) is 6.42 Å². The number of rotatable bonds is 2. The van der Waals surface area contributed by atoms with Gasteiger partial charge in [0.2, 0.25) is 5.91 Å². The number of carbonyl (C=O) groups excluding carboxylic acids is 3. The average Bonchev–Trinajstić information content (AvgIpc) is 1.72. The molecule has 0 saturated carbocycles. The molecule has 2 N–H and O–H groups in total. The van der Waals surface area contributed by atoms with Crippen LogP contribution in [0.4, 0.5) is 0 Å². The Morgan fingerprint density at radius 2 is 2.00 bits per heavy atom. The Hall–Kier alpha value is -1.19. The Labute approximate surface area is 46.7 Å². The lowest BCUT2D eigenvalue weighted by molar-refractivity contribution is -0.121. The van der Waals surface area contributed by atoms with Crippen molar-refractivity contribution in [2.75, 3.05) is 0 Å². The van der Waals surface area contributed by atoms with Crippen molar-refractivity contribution < 1.29 is 14.4 Å². The van der Waals surface area contributed by atoms with E-state index in [1.807, 2.05) is 6.79 Å². The van der Waals surface area contributed by atoms with Gasteiger partial charge < -0.3 is 15.3 Å². The third kappa shape index (κ3) is 21.3. The lowest BCUT2D eigenvalue weighted by Crippen LogP contribution is -2.09. The molecule has 46 valence electrons. The third-order valence-electron chi connectivity index (χ3n) is 0.285. The molecule has 0 spiro atoms. The van der Waals surface area contributed by atoms with Gasteiger partial charge in [0.05, 0.1) is 6.42 Å². The zero-order valence-electron chi connectivity index (χ0n) is 4.29. The van der Waals surface area contributed by atoms with E-state index >= 15 is 0 Å². The summed E-state index contributed by atoms with van der Waals surface area (Å²) in [5, 5.41) is 0. The molecule has 0 fully saturated rings. The molecule has 0 aromatic rings. The lowest BCUT2D eigenvalue weighted by Gasteiger charge is -1.73. The average molecular weight is 117 g/mol. The van der Waals surface area contributed by atoms with Crippen LogP contribution >= 0.6 is 0 Å². The van der Waals surface area contributed by atoms with Crippen LogP contribution < -0.4 is 5.73 Å². The second kappa shape index (κ2) is 9.26. The molecule has 0 atom stereocenters. The van der Waals surface area contributed by atoms with E-state index in [1.54, 1.807) is 0 Å². The standard InChI is InChI=1S/C3H5NO2.CH2O/c4-3(6)1-2-5;1-2/h2H,1H2,(H2,4,6);1H2. The van der Waals surface area contributed by atoms with Crippen molar-refractivity contribution in [3.63, 3.8) is 0 Å². The highest BCUT2D eigenvalue weighted by Gasteiger charge is 1.84. The maximum atomic E-state index is 9.59. The topological polar surface area (TPSA) is 77.2 Å². The Balaban J connectivity index is 0. The normalized spacial score (nSPS) is 6.00. The molecule has 0 heterocycles. The first kappa shape index (κ1) is 9.94. The molecule has 0 aromatic carbocycles. The number of amides is 1. The number of aldehydes is 1. The molecule has 0 aromatic heterocycles. The van der Waals surface area contributed by atoms with Crippen LogP contribution in [0.5, 0.6) is 0 Å². The van der Waals surface area contributed by atoms with Gasteiger partial charge in [-0.25, -0.2) is 0 Å². The summed E-state index contributed by atoms with van der Waals surface area (Å²) in [6.07, 6.45) is 0.308. The maximum absolute atomic E-state index is 9.59. The Kier molecular flexibility index (Phi) is 11.5. The zero-order chi connectivity index (χ0) is 6.99. The highest BCUT2D eigenvalue weighted by molar-refractivity contribution is 5.86. The van der Waals surface area contributed by atoms with E-state index in [0.717, 1.165) is 0 Å². The molecule has 0 radical (unpaired) electrons. The highest BCUT2D eigenvalue weighted by Crippen LogP contribution is 1.60. The SMILES string of the molecule is C=O.NC(=O)CC=O. The first-order chi connectivity index (χ1) is 3.77. The number of hydrogen-bond acceptors (Lipinski definition) is 3. The minimum atomic E-state index is -0.579. The molecule has 8 heavy (non-hydrogen) atoms. The molecule has 0 aliphatic carbocycles. The van der Waals surface area contributed by atoms with E-state index in [4.69, 9.17) is 4.79 Å². The van der Waals surface area contributed by atoms with Gasteiger partial charge in [-0.05, 0) is 0 Å². The summed E-state index contributed by atoms with van der Waals surface area (Å²) in [5.74, 6) is -0.579. The molecule has 0 rings (SSSR count). The largest absolute Gasteiger partial charge is 0.369 e. The van der Waals surface area contributed by atoms with Crippen LogP contribution in [0.3, 0.4) is 0 Å². The highest BCUT2D eigenvalue weighted by atomic mass is 16.2. The number of carbonyl (C=O) groups is 3. The molecule has 0 unspecified atom stereocenters. The number of nitrogens with two attached hydrogens (primary N) is 1. The molecule has 4 heteroatoms. The van der Waals surface area contributed by atoms with E-state index < -0.39 is 5.91 Å². The Bertz CT molecular complexity index is 81.4. The van der Waals surface area contributed by atoms with E-state index in [0.29, 0.717) is 6.29 Å². The van der Waals surface area contributed by atoms with Gasteiger partial charge >= 0.3 is 0 Å². The number of primary amides is 1. The molecular weight excluding hydrogens is 110 g/mol. The van der Waals surface area contributed by atoms with Gasteiger partial charge in [0.25, 0.3) is 0 Å². The van der Waals surface area contributed by atoms with Gasteiger partial charge in [-0.2, -0.15) is 0 Å². The quantitative estimate of drug-likeness (QED) is 0.367. The molecular formula is C4H7NO3. The van der Waals surface area contributed by atoms with Gasteiger partial charge in [0, 0.05) is 0 Å². The van der Waals surface area contributed by atoms with Crippen molar-refractivity contribution >= 4 is 19.0 Å². The molecule has 1 amide bonds. The number of hydrogen-bond donors (Lipinski definition) is 1. The second-order valence-electron chi connectivity index (χ2n) is 0.837. The van der Waals surface area contributed by atoms with Crippen molar-refractivity contribution in [3.05, 3.63) is 0 Å². The van der Waals surface area contributed by atoms with Crippen molar-refractivity contribution in [2.24, 2.45) is 5.73 Å². The first-order valence-corrected chi connectivity index (χ1v) is 1.78. The molecule has 0 aliphatic rings. The van der Waals surface area contributed by atoms with Crippen molar-refractivity contribution in [3.8, 4) is 0 Å². The van der Waals surface area contributed by atoms with Gasteiger partial charge in [-0.3, -0.25) is 4.79 Å². The van der Waals surface area contributed by atoms with Gasteiger partial charge in [0.15, 0.2) is 0 Å². The Morgan fingerprint density at radius 1 is 1.62 bits per heavy atom. The third-order valence-corrected chi connectivity index (χ3v) is 0.285. The van der Waals surface area contributed by atoms with Crippen LogP contribution in [0.25, 0.3) is 0 Å². The maximum Gasteiger partial charge on any atom is 0.224 e. The van der Waals surface area contributed by atoms with Crippen LogP contribution in [0.15, 0.2) is 0 Å². The summed E-state index contributed by atoms with van der Waals surface area (Å²) in [4.78, 5) is 26.9. The van der Waals surface area contributed by atoms with Crippen molar-refractivity contribution in [1.29, 1.82) is 0 Å².